The molecule has 27 heavy (non-hydrogen) atoms. The van der Waals surface area contributed by atoms with Crippen LogP contribution in [0.25, 0.3) is 10.9 Å². The number of aliphatic hydroxyl groups is 1. The molecule has 1 aromatic heterocycles. The second-order valence-electron chi connectivity index (χ2n) is 6.76. The molecule has 0 radical (unpaired) electrons. The molecule has 6 nitrogen and oxygen atoms in total. The lowest BCUT2D eigenvalue weighted by Gasteiger charge is -2.40. The molecule has 2 heterocycles. The fourth-order valence-corrected chi connectivity index (χ4v) is 4.09. The van der Waals surface area contributed by atoms with Crippen LogP contribution in [-0.2, 0) is 5.60 Å². The fourth-order valence-electron chi connectivity index (χ4n) is 3.78. The van der Waals surface area contributed by atoms with Crippen LogP contribution in [0.3, 0.4) is 0 Å². The number of non-ortho nitro benzene ring substituents is 1. The SMILES string of the molecule is O=[N+]([O-])c1ccc(N2CCC(O)(c3ccccc3Cl)CC2)c2ncccc12. The molecule has 0 atom stereocenters. The number of hydrogen-bond donors (Lipinski definition) is 1. The third-order valence-corrected chi connectivity index (χ3v) is 5.56. The molecule has 1 aliphatic heterocycles. The molecule has 1 saturated heterocycles. The Labute approximate surface area is 161 Å². The maximum atomic E-state index is 11.3. The number of hydrogen-bond acceptors (Lipinski definition) is 5. The van der Waals surface area contributed by atoms with E-state index >= 15 is 0 Å². The van der Waals surface area contributed by atoms with E-state index < -0.39 is 5.60 Å². The third kappa shape index (κ3) is 3.11. The van der Waals surface area contributed by atoms with Crippen LogP contribution in [0.15, 0.2) is 54.7 Å². The van der Waals surface area contributed by atoms with Crippen molar-refractivity contribution < 1.29 is 10.0 Å². The van der Waals surface area contributed by atoms with E-state index in [1.165, 1.54) is 6.07 Å². The van der Waals surface area contributed by atoms with Gasteiger partial charge in [0.15, 0.2) is 0 Å². The van der Waals surface area contributed by atoms with Crippen molar-refractivity contribution in [3.8, 4) is 0 Å². The number of anilines is 1. The van der Waals surface area contributed by atoms with E-state index in [1.807, 2.05) is 18.2 Å². The summed E-state index contributed by atoms with van der Waals surface area (Å²) < 4.78 is 0. The molecule has 3 aromatic rings. The van der Waals surface area contributed by atoms with Crippen LogP contribution in [0, 0.1) is 10.1 Å². The average Bonchev–Trinajstić information content (AvgIpc) is 2.68. The molecule has 7 heteroatoms. The molecular formula is C20H18ClN3O3. The highest BCUT2D eigenvalue weighted by molar-refractivity contribution is 6.31. The smallest absolute Gasteiger partial charge is 0.278 e. The molecule has 0 saturated carbocycles. The van der Waals surface area contributed by atoms with Crippen molar-refractivity contribution in [3.63, 3.8) is 0 Å². The van der Waals surface area contributed by atoms with E-state index in [1.54, 1.807) is 30.5 Å². The molecule has 1 N–H and O–H groups in total. The summed E-state index contributed by atoms with van der Waals surface area (Å²) in [5, 5.41) is 23.5. The predicted molar refractivity (Wildman–Crippen MR) is 105 cm³/mol. The van der Waals surface area contributed by atoms with Gasteiger partial charge in [-0.2, -0.15) is 0 Å². The van der Waals surface area contributed by atoms with Crippen LogP contribution in [0.4, 0.5) is 11.4 Å². The summed E-state index contributed by atoms with van der Waals surface area (Å²) in [6.45, 7) is 1.20. The largest absolute Gasteiger partial charge is 0.385 e. The van der Waals surface area contributed by atoms with Crippen LogP contribution in [0.5, 0.6) is 0 Å². The molecule has 4 rings (SSSR count). The number of aromatic nitrogens is 1. The van der Waals surface area contributed by atoms with Gasteiger partial charge in [0.05, 0.1) is 21.6 Å². The van der Waals surface area contributed by atoms with Crippen molar-refractivity contribution in [1.82, 2.24) is 4.98 Å². The summed E-state index contributed by atoms with van der Waals surface area (Å²) in [4.78, 5) is 17.4. The van der Waals surface area contributed by atoms with Gasteiger partial charge in [-0.1, -0.05) is 29.8 Å². The number of fused-ring (bicyclic) bond motifs is 1. The number of nitrogens with zero attached hydrogens (tertiary/aromatic N) is 3. The van der Waals surface area contributed by atoms with Gasteiger partial charge in [0.1, 0.15) is 5.52 Å². The highest BCUT2D eigenvalue weighted by Gasteiger charge is 2.36. The van der Waals surface area contributed by atoms with E-state index in [0.717, 1.165) is 11.3 Å². The van der Waals surface area contributed by atoms with Crippen LogP contribution < -0.4 is 4.90 Å². The van der Waals surface area contributed by atoms with Crippen LogP contribution in [0.2, 0.25) is 5.02 Å². The topological polar surface area (TPSA) is 79.5 Å². The molecule has 0 spiro atoms. The Balaban J connectivity index is 1.65. The Bertz CT molecular complexity index is 1020. The molecule has 0 bridgehead atoms. The summed E-state index contributed by atoms with van der Waals surface area (Å²) in [6, 6.07) is 14.1. The zero-order valence-corrected chi connectivity index (χ0v) is 15.3. The van der Waals surface area contributed by atoms with Gasteiger partial charge in [-0.05, 0) is 37.1 Å². The van der Waals surface area contributed by atoms with Gasteiger partial charge in [-0.25, -0.2) is 0 Å². The Morgan fingerprint density at radius 3 is 2.56 bits per heavy atom. The van der Waals surface area contributed by atoms with Crippen molar-refractivity contribution in [2.45, 2.75) is 18.4 Å². The molecule has 2 aromatic carbocycles. The summed E-state index contributed by atoms with van der Waals surface area (Å²) in [5.74, 6) is 0. The summed E-state index contributed by atoms with van der Waals surface area (Å²) in [7, 11) is 0. The Morgan fingerprint density at radius 2 is 1.85 bits per heavy atom. The normalized spacial score (nSPS) is 16.4. The molecular weight excluding hydrogens is 366 g/mol. The molecule has 0 amide bonds. The molecule has 0 aliphatic carbocycles. The first-order chi connectivity index (χ1) is 13.0. The second kappa shape index (κ2) is 6.79. The number of nitro groups is 1. The van der Waals surface area contributed by atoms with E-state index in [9.17, 15) is 15.2 Å². The second-order valence-corrected chi connectivity index (χ2v) is 7.17. The maximum absolute atomic E-state index is 11.3. The maximum Gasteiger partial charge on any atom is 0.278 e. The summed E-state index contributed by atoms with van der Waals surface area (Å²) in [6.07, 6.45) is 2.67. The zero-order chi connectivity index (χ0) is 19.0. The van der Waals surface area contributed by atoms with Gasteiger partial charge < -0.3 is 10.0 Å². The van der Waals surface area contributed by atoms with E-state index in [4.69, 9.17) is 11.6 Å². The lowest BCUT2D eigenvalue weighted by Crippen LogP contribution is -2.43. The first-order valence-corrected chi connectivity index (χ1v) is 9.12. The molecule has 0 unspecified atom stereocenters. The number of rotatable bonds is 3. The zero-order valence-electron chi connectivity index (χ0n) is 14.5. The third-order valence-electron chi connectivity index (χ3n) is 5.23. The summed E-state index contributed by atoms with van der Waals surface area (Å²) >= 11 is 6.28. The van der Waals surface area contributed by atoms with Gasteiger partial charge in [-0.15, -0.1) is 0 Å². The van der Waals surface area contributed by atoms with Crippen molar-refractivity contribution >= 4 is 33.9 Å². The fraction of sp³-hybridized carbons (Fsp3) is 0.250. The van der Waals surface area contributed by atoms with Crippen molar-refractivity contribution in [2.24, 2.45) is 0 Å². The Morgan fingerprint density at radius 1 is 1.11 bits per heavy atom. The first-order valence-electron chi connectivity index (χ1n) is 8.74. The number of nitro benzene ring substituents is 1. The molecule has 1 fully saturated rings. The first kappa shape index (κ1) is 17.7. The van der Waals surface area contributed by atoms with E-state index in [0.29, 0.717) is 41.9 Å². The minimum Gasteiger partial charge on any atom is -0.385 e. The molecule has 1 aliphatic rings. The van der Waals surface area contributed by atoms with Gasteiger partial charge in [-0.3, -0.25) is 15.1 Å². The van der Waals surface area contributed by atoms with Crippen molar-refractivity contribution in [2.75, 3.05) is 18.0 Å². The Kier molecular flexibility index (Phi) is 4.45. The van der Waals surface area contributed by atoms with Gasteiger partial charge in [0.2, 0.25) is 0 Å². The number of piperidine rings is 1. The van der Waals surface area contributed by atoms with Crippen LogP contribution in [0.1, 0.15) is 18.4 Å². The predicted octanol–water partition coefficient (Wildman–Crippen LogP) is 4.28. The van der Waals surface area contributed by atoms with Crippen molar-refractivity contribution in [3.05, 3.63) is 75.4 Å². The summed E-state index contributed by atoms with van der Waals surface area (Å²) in [5.41, 5.74) is 1.27. The standard InChI is InChI=1S/C20H18ClN3O3/c21-16-6-2-1-5-15(16)20(25)9-12-23(13-10-20)18-8-7-17(24(26)27)14-4-3-11-22-19(14)18/h1-8,11,25H,9-10,12-13H2. The van der Waals surface area contributed by atoms with E-state index in [-0.39, 0.29) is 10.6 Å². The van der Waals surface area contributed by atoms with Gasteiger partial charge in [0.25, 0.3) is 5.69 Å². The van der Waals surface area contributed by atoms with Crippen LogP contribution in [-0.4, -0.2) is 28.1 Å². The lowest BCUT2D eigenvalue weighted by atomic mass is 9.84. The minimum absolute atomic E-state index is 0.0476. The Hall–Kier alpha value is -2.70. The number of pyridine rings is 1. The van der Waals surface area contributed by atoms with E-state index in [2.05, 4.69) is 9.88 Å². The minimum atomic E-state index is -0.973. The monoisotopic (exact) mass is 383 g/mol. The lowest BCUT2D eigenvalue weighted by molar-refractivity contribution is -0.383. The number of benzene rings is 2. The quantitative estimate of drug-likeness (QED) is 0.539. The number of halogens is 1. The van der Waals surface area contributed by atoms with Gasteiger partial charge in [0, 0.05) is 35.9 Å². The van der Waals surface area contributed by atoms with Crippen LogP contribution >= 0.6 is 11.6 Å². The van der Waals surface area contributed by atoms with Gasteiger partial charge >= 0.3 is 0 Å². The molecule has 138 valence electrons. The highest BCUT2D eigenvalue weighted by Crippen LogP contribution is 2.39. The average molecular weight is 384 g/mol. The highest BCUT2D eigenvalue weighted by atomic mass is 35.5. The van der Waals surface area contributed by atoms with Crippen molar-refractivity contribution in [1.29, 1.82) is 0 Å².